The number of nitrogens with zero attached hydrogens (tertiary/aromatic N) is 2. The molecule has 2 heterocycles. The van der Waals surface area contributed by atoms with Gasteiger partial charge in [-0.1, -0.05) is 42.5 Å². The molecule has 1 aliphatic heterocycles. The maximum Gasteiger partial charge on any atom is 0.138 e. The number of aromatic amines is 1. The van der Waals surface area contributed by atoms with Crippen molar-refractivity contribution in [1.82, 2.24) is 9.97 Å². The second-order valence-electron chi connectivity index (χ2n) is 7.77. The molecule has 0 spiro atoms. The topological polar surface area (TPSA) is 31.9 Å². The average Bonchev–Trinajstić information content (AvgIpc) is 3.20. The smallest absolute Gasteiger partial charge is 0.138 e. The predicted octanol–water partition coefficient (Wildman–Crippen LogP) is 5.69. The molecule has 0 unspecified atom stereocenters. The van der Waals surface area contributed by atoms with E-state index in [4.69, 9.17) is 4.98 Å². The normalized spacial score (nSPS) is 15.2. The van der Waals surface area contributed by atoms with Gasteiger partial charge >= 0.3 is 0 Å². The zero-order chi connectivity index (χ0) is 18.8. The number of hydrogen-bond acceptors (Lipinski definition) is 2. The molecular formula is C25H25N3. The van der Waals surface area contributed by atoms with E-state index < -0.39 is 0 Å². The molecule has 1 fully saturated rings. The van der Waals surface area contributed by atoms with Gasteiger partial charge in [-0.25, -0.2) is 4.98 Å². The van der Waals surface area contributed by atoms with Crippen molar-refractivity contribution in [3.63, 3.8) is 0 Å². The Kier molecular flexibility index (Phi) is 4.58. The van der Waals surface area contributed by atoms with Crippen LogP contribution in [0.15, 0.2) is 78.9 Å². The highest BCUT2D eigenvalue weighted by atomic mass is 15.1. The molecule has 0 saturated carbocycles. The molecule has 3 heteroatoms. The van der Waals surface area contributed by atoms with Crippen molar-refractivity contribution in [2.45, 2.75) is 19.3 Å². The van der Waals surface area contributed by atoms with E-state index in [0.29, 0.717) is 0 Å². The van der Waals surface area contributed by atoms with E-state index in [1.807, 2.05) is 18.2 Å². The van der Waals surface area contributed by atoms with E-state index in [1.54, 1.807) is 0 Å². The fraction of sp³-hybridized carbons (Fsp3) is 0.240. The standard InChI is InChI=1S/C25H25N3/c1-2-6-19(7-3-1)18-20-14-16-28(17-15-20)22-12-10-21(11-13-22)25-26-23-8-4-5-9-24(23)27-25/h1-13,20H,14-18H2,(H,26,27). The van der Waals surface area contributed by atoms with Crippen LogP contribution in [-0.4, -0.2) is 23.1 Å². The highest BCUT2D eigenvalue weighted by Gasteiger charge is 2.19. The van der Waals surface area contributed by atoms with Crippen molar-refractivity contribution in [2.75, 3.05) is 18.0 Å². The highest BCUT2D eigenvalue weighted by Crippen LogP contribution is 2.28. The van der Waals surface area contributed by atoms with Gasteiger partial charge in [0.2, 0.25) is 0 Å². The summed E-state index contributed by atoms with van der Waals surface area (Å²) in [7, 11) is 0. The summed E-state index contributed by atoms with van der Waals surface area (Å²) >= 11 is 0. The minimum absolute atomic E-state index is 0.800. The molecular weight excluding hydrogens is 342 g/mol. The average molecular weight is 367 g/mol. The zero-order valence-corrected chi connectivity index (χ0v) is 16.0. The minimum atomic E-state index is 0.800. The molecule has 28 heavy (non-hydrogen) atoms. The quantitative estimate of drug-likeness (QED) is 0.502. The lowest BCUT2D eigenvalue weighted by molar-refractivity contribution is 0.404. The van der Waals surface area contributed by atoms with Gasteiger partial charge in [-0.2, -0.15) is 0 Å². The lowest BCUT2D eigenvalue weighted by Crippen LogP contribution is -2.34. The van der Waals surface area contributed by atoms with Gasteiger partial charge in [0.1, 0.15) is 5.82 Å². The Morgan fingerprint density at radius 1 is 0.821 bits per heavy atom. The molecule has 1 aromatic heterocycles. The van der Waals surface area contributed by atoms with Crippen LogP contribution in [0, 0.1) is 5.92 Å². The van der Waals surface area contributed by atoms with Gasteiger partial charge in [-0.3, -0.25) is 0 Å². The molecule has 1 N–H and O–H groups in total. The van der Waals surface area contributed by atoms with Gasteiger partial charge in [-0.05, 0) is 67.1 Å². The molecule has 4 aromatic rings. The van der Waals surface area contributed by atoms with Crippen LogP contribution in [0.25, 0.3) is 22.4 Å². The summed E-state index contributed by atoms with van der Waals surface area (Å²) in [6, 6.07) is 27.9. The maximum atomic E-state index is 4.71. The first-order valence-electron chi connectivity index (χ1n) is 10.2. The number of benzene rings is 3. The molecule has 0 amide bonds. The number of aromatic nitrogens is 2. The second kappa shape index (κ2) is 7.51. The van der Waals surface area contributed by atoms with Gasteiger partial charge in [-0.15, -0.1) is 0 Å². The first kappa shape index (κ1) is 17.1. The van der Waals surface area contributed by atoms with Crippen LogP contribution in [0.5, 0.6) is 0 Å². The lowest BCUT2D eigenvalue weighted by Gasteiger charge is -2.33. The monoisotopic (exact) mass is 367 g/mol. The summed E-state index contributed by atoms with van der Waals surface area (Å²) in [5.41, 5.74) is 6.03. The summed E-state index contributed by atoms with van der Waals surface area (Å²) in [6.45, 7) is 2.28. The van der Waals surface area contributed by atoms with E-state index in [1.165, 1.54) is 30.5 Å². The number of piperidine rings is 1. The Labute approximate surface area is 166 Å². The number of nitrogens with one attached hydrogen (secondary N) is 1. The molecule has 0 atom stereocenters. The Balaban J connectivity index is 1.24. The van der Waals surface area contributed by atoms with Gasteiger partial charge in [0.25, 0.3) is 0 Å². The molecule has 0 bridgehead atoms. The Morgan fingerprint density at radius 2 is 1.54 bits per heavy atom. The van der Waals surface area contributed by atoms with Crippen molar-refractivity contribution in [3.05, 3.63) is 84.4 Å². The third kappa shape index (κ3) is 3.53. The van der Waals surface area contributed by atoms with Crippen molar-refractivity contribution in [3.8, 4) is 11.4 Å². The van der Waals surface area contributed by atoms with E-state index in [0.717, 1.165) is 41.4 Å². The van der Waals surface area contributed by atoms with E-state index in [9.17, 15) is 0 Å². The molecule has 140 valence electrons. The van der Waals surface area contributed by atoms with Crippen molar-refractivity contribution >= 4 is 16.7 Å². The number of hydrogen-bond donors (Lipinski definition) is 1. The summed E-state index contributed by atoms with van der Waals surface area (Å²) in [5, 5.41) is 0. The first-order valence-corrected chi connectivity index (χ1v) is 10.2. The number of fused-ring (bicyclic) bond motifs is 1. The van der Waals surface area contributed by atoms with Crippen LogP contribution in [0.2, 0.25) is 0 Å². The van der Waals surface area contributed by atoms with E-state index >= 15 is 0 Å². The van der Waals surface area contributed by atoms with Gasteiger partial charge in [0.15, 0.2) is 0 Å². The Bertz CT molecular complexity index is 1010. The minimum Gasteiger partial charge on any atom is -0.372 e. The fourth-order valence-corrected chi connectivity index (χ4v) is 4.26. The summed E-state index contributed by atoms with van der Waals surface area (Å²) in [6.07, 6.45) is 3.74. The number of H-pyrrole nitrogens is 1. The van der Waals surface area contributed by atoms with Crippen molar-refractivity contribution in [2.24, 2.45) is 5.92 Å². The van der Waals surface area contributed by atoms with Crippen LogP contribution in [0.1, 0.15) is 18.4 Å². The van der Waals surface area contributed by atoms with Crippen LogP contribution < -0.4 is 4.90 Å². The van der Waals surface area contributed by atoms with Crippen molar-refractivity contribution in [1.29, 1.82) is 0 Å². The molecule has 5 rings (SSSR count). The van der Waals surface area contributed by atoms with E-state index in [-0.39, 0.29) is 0 Å². The third-order valence-corrected chi connectivity index (χ3v) is 5.88. The fourth-order valence-electron chi connectivity index (χ4n) is 4.26. The third-order valence-electron chi connectivity index (χ3n) is 5.88. The maximum absolute atomic E-state index is 4.71. The predicted molar refractivity (Wildman–Crippen MR) is 117 cm³/mol. The Hall–Kier alpha value is -3.07. The Morgan fingerprint density at radius 3 is 2.29 bits per heavy atom. The van der Waals surface area contributed by atoms with Crippen LogP contribution in [0.4, 0.5) is 5.69 Å². The summed E-state index contributed by atoms with van der Waals surface area (Å²) in [5.74, 6) is 1.74. The highest BCUT2D eigenvalue weighted by molar-refractivity contribution is 5.79. The molecule has 3 nitrogen and oxygen atoms in total. The van der Waals surface area contributed by atoms with Gasteiger partial charge in [0, 0.05) is 24.3 Å². The number of imidazole rings is 1. The SMILES string of the molecule is c1ccc(CC2CCN(c3ccc(-c4nc5ccccc5[nH]4)cc3)CC2)cc1. The molecule has 1 aliphatic rings. The van der Waals surface area contributed by atoms with Gasteiger partial charge < -0.3 is 9.88 Å². The second-order valence-corrected chi connectivity index (χ2v) is 7.77. The number of para-hydroxylation sites is 2. The van der Waals surface area contributed by atoms with Crippen LogP contribution in [0.3, 0.4) is 0 Å². The van der Waals surface area contributed by atoms with E-state index in [2.05, 4.69) is 70.5 Å². The van der Waals surface area contributed by atoms with Crippen LogP contribution >= 0.6 is 0 Å². The largest absolute Gasteiger partial charge is 0.372 e. The zero-order valence-electron chi connectivity index (χ0n) is 16.0. The van der Waals surface area contributed by atoms with Crippen molar-refractivity contribution < 1.29 is 0 Å². The molecule has 0 aliphatic carbocycles. The number of anilines is 1. The first-order chi connectivity index (χ1) is 13.8. The van der Waals surface area contributed by atoms with Crippen LogP contribution in [-0.2, 0) is 6.42 Å². The van der Waals surface area contributed by atoms with Gasteiger partial charge in [0.05, 0.1) is 11.0 Å². The molecule has 1 saturated heterocycles. The summed E-state index contributed by atoms with van der Waals surface area (Å²) < 4.78 is 0. The molecule has 0 radical (unpaired) electrons. The lowest BCUT2D eigenvalue weighted by atomic mass is 9.90. The summed E-state index contributed by atoms with van der Waals surface area (Å²) in [4.78, 5) is 10.6. The molecule has 3 aromatic carbocycles. The number of rotatable bonds is 4.